The molecular weight excluding hydrogens is 367 g/mol. The molecule has 3 aliphatic rings. The number of carbonyl (C=O) groups is 3. The van der Waals surface area contributed by atoms with Crippen LogP contribution in [-0.4, -0.2) is 90.2 Å². The smallest absolute Gasteiger partial charge is 0.338 e. The van der Waals surface area contributed by atoms with Gasteiger partial charge in [-0.2, -0.15) is 13.2 Å². The summed E-state index contributed by atoms with van der Waals surface area (Å²) in [6, 6.07) is -1.36. The maximum Gasteiger partial charge on any atom is 0.406 e. The van der Waals surface area contributed by atoms with Crippen LogP contribution >= 0.6 is 0 Å². The lowest BCUT2D eigenvalue weighted by Gasteiger charge is -2.40. The molecule has 3 saturated heterocycles. The average Bonchev–Trinajstić information content (AvgIpc) is 2.94. The molecule has 3 aliphatic heterocycles. The quantitative estimate of drug-likeness (QED) is 0.744. The number of alkyl halides is 3. The molecule has 0 aliphatic carbocycles. The Morgan fingerprint density at radius 3 is 2.44 bits per heavy atom. The zero-order valence-corrected chi connectivity index (χ0v) is 14.9. The molecule has 0 aromatic carbocycles. The van der Waals surface area contributed by atoms with Gasteiger partial charge >= 0.3 is 18.2 Å². The summed E-state index contributed by atoms with van der Waals surface area (Å²) in [5.41, 5.74) is 0. The van der Waals surface area contributed by atoms with Gasteiger partial charge in [0.15, 0.2) is 0 Å². The van der Waals surface area contributed by atoms with Crippen molar-refractivity contribution < 1.29 is 27.6 Å². The highest BCUT2D eigenvalue weighted by Crippen LogP contribution is 2.22. The van der Waals surface area contributed by atoms with Crippen LogP contribution in [0, 0.1) is 0 Å². The van der Waals surface area contributed by atoms with E-state index in [1.165, 1.54) is 0 Å². The summed E-state index contributed by atoms with van der Waals surface area (Å²) in [5, 5.41) is 5.36. The fourth-order valence-corrected chi connectivity index (χ4v) is 3.86. The minimum Gasteiger partial charge on any atom is -0.338 e. The summed E-state index contributed by atoms with van der Waals surface area (Å²) in [7, 11) is 0. The van der Waals surface area contributed by atoms with E-state index in [1.807, 2.05) is 0 Å². The van der Waals surface area contributed by atoms with Gasteiger partial charge in [0.2, 0.25) is 5.91 Å². The number of likely N-dealkylation sites (tertiary alicyclic amines) is 2. The Labute approximate surface area is 155 Å². The van der Waals surface area contributed by atoms with E-state index in [0.717, 1.165) is 11.3 Å². The van der Waals surface area contributed by atoms with Gasteiger partial charge in [0.05, 0.1) is 0 Å². The first-order chi connectivity index (χ1) is 12.7. The van der Waals surface area contributed by atoms with E-state index < -0.39 is 30.7 Å². The van der Waals surface area contributed by atoms with E-state index in [-0.39, 0.29) is 25.0 Å². The molecule has 3 fully saturated rings. The molecule has 0 saturated carbocycles. The lowest BCUT2D eigenvalue weighted by atomic mass is 10.0. The molecule has 3 rings (SSSR count). The molecular formula is C16H24F3N5O3. The van der Waals surface area contributed by atoms with Crippen LogP contribution in [-0.2, 0) is 4.79 Å². The van der Waals surface area contributed by atoms with E-state index in [4.69, 9.17) is 0 Å². The SMILES string of the molecule is O=C(NC1CCN(CC(F)(F)F)C1=O)N1CCC(N2CCCNC2=O)CC1. The number of amides is 5. The number of rotatable bonds is 3. The molecule has 8 nitrogen and oxygen atoms in total. The molecule has 0 radical (unpaired) electrons. The van der Waals surface area contributed by atoms with Crippen LogP contribution in [0.5, 0.6) is 0 Å². The Hall–Kier alpha value is -2.20. The average molecular weight is 391 g/mol. The van der Waals surface area contributed by atoms with Crippen molar-refractivity contribution in [2.45, 2.75) is 43.9 Å². The third kappa shape index (κ3) is 4.75. The van der Waals surface area contributed by atoms with Gasteiger partial charge in [0.1, 0.15) is 12.6 Å². The van der Waals surface area contributed by atoms with E-state index in [9.17, 15) is 27.6 Å². The third-order valence-corrected chi connectivity index (χ3v) is 5.27. The van der Waals surface area contributed by atoms with Crippen LogP contribution in [0.15, 0.2) is 0 Å². The third-order valence-electron chi connectivity index (χ3n) is 5.27. The molecule has 0 aromatic heterocycles. The Kier molecular flexibility index (Phi) is 5.66. The van der Waals surface area contributed by atoms with Crippen LogP contribution in [0.3, 0.4) is 0 Å². The number of urea groups is 2. The summed E-state index contributed by atoms with van der Waals surface area (Å²) in [5.74, 6) is -0.694. The van der Waals surface area contributed by atoms with Crippen LogP contribution in [0.25, 0.3) is 0 Å². The highest BCUT2D eigenvalue weighted by atomic mass is 19.4. The van der Waals surface area contributed by atoms with Crippen molar-refractivity contribution in [3.05, 3.63) is 0 Å². The first-order valence-corrected chi connectivity index (χ1v) is 9.20. The Morgan fingerprint density at radius 1 is 1.11 bits per heavy atom. The van der Waals surface area contributed by atoms with Crippen LogP contribution in [0.2, 0.25) is 0 Å². The largest absolute Gasteiger partial charge is 0.406 e. The second kappa shape index (κ2) is 7.81. The van der Waals surface area contributed by atoms with Gasteiger partial charge in [0, 0.05) is 38.8 Å². The van der Waals surface area contributed by atoms with Gasteiger partial charge in [-0.15, -0.1) is 0 Å². The monoisotopic (exact) mass is 391 g/mol. The highest BCUT2D eigenvalue weighted by Gasteiger charge is 2.40. The van der Waals surface area contributed by atoms with Crippen molar-refractivity contribution in [3.63, 3.8) is 0 Å². The van der Waals surface area contributed by atoms with Crippen LogP contribution in [0.1, 0.15) is 25.7 Å². The van der Waals surface area contributed by atoms with Crippen molar-refractivity contribution >= 4 is 18.0 Å². The number of halogens is 3. The second-order valence-corrected chi connectivity index (χ2v) is 7.16. The number of hydrogen-bond acceptors (Lipinski definition) is 3. The summed E-state index contributed by atoms with van der Waals surface area (Å²) in [6.45, 7) is 0.948. The van der Waals surface area contributed by atoms with Crippen molar-refractivity contribution in [3.8, 4) is 0 Å². The van der Waals surface area contributed by atoms with Crippen molar-refractivity contribution in [1.82, 2.24) is 25.3 Å². The Morgan fingerprint density at radius 2 is 1.81 bits per heavy atom. The van der Waals surface area contributed by atoms with E-state index in [0.29, 0.717) is 39.0 Å². The predicted molar refractivity (Wildman–Crippen MR) is 88.9 cm³/mol. The molecule has 1 atom stereocenters. The molecule has 152 valence electrons. The Bertz CT molecular complexity index is 592. The molecule has 5 amide bonds. The standard InChI is InChI=1S/C16H24F3N5O3/c17-16(18,19)10-23-9-4-12(13(23)25)21-15(27)22-7-2-11(3-8-22)24-6-1-5-20-14(24)26/h11-12H,1-10H2,(H,20,26)(H,21,27). The van der Waals surface area contributed by atoms with Crippen molar-refractivity contribution in [2.24, 2.45) is 0 Å². The molecule has 1 unspecified atom stereocenters. The molecule has 0 bridgehead atoms. The summed E-state index contributed by atoms with van der Waals surface area (Å²) in [6.07, 6.45) is -2.10. The van der Waals surface area contributed by atoms with Gasteiger partial charge in [0.25, 0.3) is 0 Å². The molecule has 2 N–H and O–H groups in total. The van der Waals surface area contributed by atoms with Gasteiger partial charge in [-0.25, -0.2) is 9.59 Å². The fourth-order valence-electron chi connectivity index (χ4n) is 3.86. The molecule has 3 heterocycles. The van der Waals surface area contributed by atoms with Gasteiger partial charge in [-0.3, -0.25) is 4.79 Å². The van der Waals surface area contributed by atoms with Crippen LogP contribution < -0.4 is 10.6 Å². The number of nitrogens with one attached hydrogen (secondary N) is 2. The maximum absolute atomic E-state index is 12.5. The highest BCUT2D eigenvalue weighted by molar-refractivity contribution is 5.88. The van der Waals surface area contributed by atoms with Crippen molar-refractivity contribution in [1.29, 1.82) is 0 Å². The van der Waals surface area contributed by atoms with E-state index >= 15 is 0 Å². The number of carbonyl (C=O) groups excluding carboxylic acids is 3. The first-order valence-electron chi connectivity index (χ1n) is 9.20. The lowest BCUT2D eigenvalue weighted by molar-refractivity contribution is -0.157. The van der Waals surface area contributed by atoms with Crippen molar-refractivity contribution in [2.75, 3.05) is 39.3 Å². The number of piperidine rings is 1. The Balaban J connectivity index is 1.46. The van der Waals surface area contributed by atoms with Gasteiger partial charge < -0.3 is 25.3 Å². The minimum absolute atomic E-state index is 0.0184. The molecule has 0 aromatic rings. The van der Waals surface area contributed by atoms with E-state index in [1.54, 1.807) is 9.80 Å². The zero-order chi connectivity index (χ0) is 19.6. The number of nitrogens with zero attached hydrogens (tertiary/aromatic N) is 3. The second-order valence-electron chi connectivity index (χ2n) is 7.16. The van der Waals surface area contributed by atoms with Gasteiger partial charge in [-0.05, 0) is 25.7 Å². The topological polar surface area (TPSA) is 85.0 Å². The molecule has 11 heteroatoms. The normalized spacial score (nSPS) is 25.0. The maximum atomic E-state index is 12.5. The van der Waals surface area contributed by atoms with Crippen LogP contribution in [0.4, 0.5) is 22.8 Å². The molecule has 27 heavy (non-hydrogen) atoms. The summed E-state index contributed by atoms with van der Waals surface area (Å²) < 4.78 is 37.4. The summed E-state index contributed by atoms with van der Waals surface area (Å²) in [4.78, 5) is 40.4. The summed E-state index contributed by atoms with van der Waals surface area (Å²) >= 11 is 0. The zero-order valence-electron chi connectivity index (χ0n) is 14.9. The minimum atomic E-state index is -4.45. The molecule has 0 spiro atoms. The first kappa shape index (κ1) is 19.6. The number of hydrogen-bond donors (Lipinski definition) is 2. The predicted octanol–water partition coefficient (Wildman–Crippen LogP) is 0.739. The lowest BCUT2D eigenvalue weighted by Crippen LogP contribution is -2.56. The fraction of sp³-hybridized carbons (Fsp3) is 0.812. The van der Waals surface area contributed by atoms with E-state index in [2.05, 4.69) is 10.6 Å². The van der Waals surface area contributed by atoms with Gasteiger partial charge in [-0.1, -0.05) is 0 Å².